The van der Waals surface area contributed by atoms with Crippen LogP contribution in [0.15, 0.2) is 51.9 Å². The van der Waals surface area contributed by atoms with Gasteiger partial charge in [0.05, 0.1) is 24.2 Å². The fraction of sp³-hybridized carbons (Fsp3) is 0.214. The van der Waals surface area contributed by atoms with Crippen LogP contribution in [0.2, 0.25) is 0 Å². The third kappa shape index (κ3) is 1.96. The summed E-state index contributed by atoms with van der Waals surface area (Å²) in [4.78, 5) is 12.3. The van der Waals surface area contributed by atoms with Crippen molar-refractivity contribution in [3.8, 4) is 0 Å². The van der Waals surface area contributed by atoms with Crippen LogP contribution in [-0.2, 0) is 9.47 Å². The monoisotopic (exact) mass is 244 g/mol. The Labute approximate surface area is 103 Å². The van der Waals surface area contributed by atoms with Gasteiger partial charge in [0.1, 0.15) is 11.8 Å². The predicted molar refractivity (Wildman–Crippen MR) is 66.3 cm³/mol. The summed E-state index contributed by atoms with van der Waals surface area (Å²) in [6, 6.07) is 7.13. The van der Waals surface area contributed by atoms with Crippen molar-refractivity contribution in [1.29, 1.82) is 0 Å². The Bertz CT molecular complexity index is 632. The van der Waals surface area contributed by atoms with E-state index in [-0.39, 0.29) is 5.43 Å². The Kier molecular flexibility index (Phi) is 2.96. The molecule has 0 N–H and O–H groups in total. The molecule has 0 saturated heterocycles. The topological polar surface area (TPSA) is 48.7 Å². The summed E-state index contributed by atoms with van der Waals surface area (Å²) in [5, 5.41) is 0.541. The second kappa shape index (κ2) is 4.76. The molecule has 1 aromatic carbocycles. The second-order valence-corrected chi connectivity index (χ2v) is 3.99. The van der Waals surface area contributed by atoms with Gasteiger partial charge in [-0.1, -0.05) is 24.3 Å². The molecule has 0 unspecified atom stereocenters. The third-order valence-electron chi connectivity index (χ3n) is 2.81. The van der Waals surface area contributed by atoms with E-state index in [1.807, 2.05) is 18.2 Å². The summed E-state index contributed by atoms with van der Waals surface area (Å²) in [5.41, 5.74) is 0.860. The van der Waals surface area contributed by atoms with E-state index in [9.17, 15) is 4.79 Å². The van der Waals surface area contributed by atoms with Crippen LogP contribution < -0.4 is 5.43 Å². The van der Waals surface area contributed by atoms with E-state index in [4.69, 9.17) is 13.9 Å². The second-order valence-electron chi connectivity index (χ2n) is 3.99. The Balaban J connectivity index is 2.07. The van der Waals surface area contributed by atoms with E-state index in [1.165, 1.54) is 6.26 Å². The molecule has 0 saturated carbocycles. The number of fused-ring (bicyclic) bond motifs is 1. The molecule has 1 aromatic heterocycles. The van der Waals surface area contributed by atoms with E-state index in [1.54, 1.807) is 18.2 Å². The van der Waals surface area contributed by atoms with Crippen molar-refractivity contribution in [3.05, 3.63) is 58.5 Å². The highest BCUT2D eigenvalue weighted by Crippen LogP contribution is 2.20. The minimum absolute atomic E-state index is 0.108. The van der Waals surface area contributed by atoms with Gasteiger partial charge in [-0.05, 0) is 12.1 Å². The zero-order valence-corrected chi connectivity index (χ0v) is 9.67. The fourth-order valence-corrected chi connectivity index (χ4v) is 1.91. The van der Waals surface area contributed by atoms with Gasteiger partial charge < -0.3 is 13.9 Å². The Morgan fingerprint density at radius 2 is 1.78 bits per heavy atom. The molecular formula is C14H12O4. The molecule has 0 atom stereocenters. The first-order chi connectivity index (χ1) is 8.86. The molecule has 0 bridgehead atoms. The quantitative estimate of drug-likeness (QED) is 0.723. The summed E-state index contributed by atoms with van der Waals surface area (Å²) in [5.74, 6) is 0. The molecule has 0 amide bonds. The summed E-state index contributed by atoms with van der Waals surface area (Å²) in [6.45, 7) is 0.855. The first-order valence-electron chi connectivity index (χ1n) is 5.75. The number of rotatable bonds is 1. The van der Waals surface area contributed by atoms with Crippen LogP contribution in [0, 0.1) is 0 Å². The van der Waals surface area contributed by atoms with Crippen molar-refractivity contribution >= 4 is 11.0 Å². The van der Waals surface area contributed by atoms with Crippen molar-refractivity contribution < 1.29 is 13.9 Å². The minimum atomic E-state index is -0.666. The first-order valence-corrected chi connectivity index (χ1v) is 5.75. The Morgan fingerprint density at radius 1 is 1.06 bits per heavy atom. The van der Waals surface area contributed by atoms with E-state index >= 15 is 0 Å². The van der Waals surface area contributed by atoms with Crippen LogP contribution in [0.5, 0.6) is 0 Å². The zero-order chi connectivity index (χ0) is 12.4. The number of benzene rings is 1. The molecule has 4 nitrogen and oxygen atoms in total. The van der Waals surface area contributed by atoms with Crippen molar-refractivity contribution in [3.63, 3.8) is 0 Å². The lowest BCUT2D eigenvalue weighted by Crippen LogP contribution is -2.17. The van der Waals surface area contributed by atoms with Crippen molar-refractivity contribution in [2.75, 3.05) is 13.2 Å². The van der Waals surface area contributed by atoms with Gasteiger partial charge in [0, 0.05) is 0 Å². The maximum Gasteiger partial charge on any atom is 0.200 e. The molecule has 3 rings (SSSR count). The summed E-state index contributed by atoms with van der Waals surface area (Å²) < 4.78 is 16.3. The highest BCUT2D eigenvalue weighted by atomic mass is 16.7. The van der Waals surface area contributed by atoms with Crippen LogP contribution in [-0.4, -0.2) is 13.2 Å². The normalized spacial score (nSPS) is 16.9. The molecule has 18 heavy (non-hydrogen) atoms. The molecule has 1 aliphatic heterocycles. The molecule has 0 spiro atoms. The summed E-state index contributed by atoms with van der Waals surface area (Å²) >= 11 is 0. The largest absolute Gasteiger partial charge is 0.464 e. The fourth-order valence-electron chi connectivity index (χ4n) is 1.91. The van der Waals surface area contributed by atoms with Gasteiger partial charge >= 0.3 is 0 Å². The van der Waals surface area contributed by atoms with Crippen LogP contribution in [0.1, 0.15) is 11.9 Å². The molecule has 0 radical (unpaired) electrons. The lowest BCUT2D eigenvalue weighted by Gasteiger charge is -2.14. The van der Waals surface area contributed by atoms with Gasteiger partial charge in [-0.15, -0.1) is 0 Å². The number of ether oxygens (including phenoxy) is 2. The van der Waals surface area contributed by atoms with Crippen LogP contribution in [0.4, 0.5) is 0 Å². The molecule has 1 aliphatic rings. The van der Waals surface area contributed by atoms with Gasteiger partial charge in [0.2, 0.25) is 5.43 Å². The van der Waals surface area contributed by atoms with E-state index < -0.39 is 6.29 Å². The summed E-state index contributed by atoms with van der Waals surface area (Å²) in [7, 11) is 0. The van der Waals surface area contributed by atoms with Crippen molar-refractivity contribution in [1.82, 2.24) is 0 Å². The molecule has 4 heteroatoms. The highest BCUT2D eigenvalue weighted by molar-refractivity contribution is 5.76. The Morgan fingerprint density at radius 3 is 2.56 bits per heavy atom. The van der Waals surface area contributed by atoms with Crippen molar-refractivity contribution in [2.45, 2.75) is 6.29 Å². The maximum atomic E-state index is 12.3. The lowest BCUT2D eigenvalue weighted by molar-refractivity contribution is -0.127. The van der Waals surface area contributed by atoms with Gasteiger partial charge in [-0.3, -0.25) is 4.79 Å². The molecule has 0 aliphatic carbocycles. The van der Waals surface area contributed by atoms with E-state index in [2.05, 4.69) is 0 Å². The molecular weight excluding hydrogens is 232 g/mol. The standard InChI is InChI=1S/C14H12O4/c15-13-10-5-1-2-6-12(10)18-9-11(13)14-16-7-3-4-8-17-14/h1-6,9,14H,7-8H2. The minimum Gasteiger partial charge on any atom is -0.464 e. The third-order valence-corrected chi connectivity index (χ3v) is 2.81. The van der Waals surface area contributed by atoms with Gasteiger partial charge in [0.15, 0.2) is 6.29 Å². The zero-order valence-electron chi connectivity index (χ0n) is 9.67. The van der Waals surface area contributed by atoms with Crippen LogP contribution in [0.25, 0.3) is 11.0 Å². The number of para-hydroxylation sites is 1. The number of hydrogen-bond donors (Lipinski definition) is 0. The lowest BCUT2D eigenvalue weighted by atomic mass is 10.1. The van der Waals surface area contributed by atoms with Gasteiger partial charge in [-0.2, -0.15) is 0 Å². The van der Waals surface area contributed by atoms with Crippen LogP contribution in [0.3, 0.4) is 0 Å². The predicted octanol–water partition coefficient (Wildman–Crippen LogP) is 2.39. The summed E-state index contributed by atoms with van der Waals surface area (Å²) in [6.07, 6.45) is 4.48. The number of hydrogen-bond acceptors (Lipinski definition) is 4. The SMILES string of the molecule is O=c1c(C2OCC=CCO2)coc2ccccc12. The average Bonchev–Trinajstić information content (AvgIpc) is 2.68. The van der Waals surface area contributed by atoms with E-state index in [0.29, 0.717) is 29.7 Å². The maximum absolute atomic E-state index is 12.3. The van der Waals surface area contributed by atoms with E-state index in [0.717, 1.165) is 0 Å². The van der Waals surface area contributed by atoms with Crippen molar-refractivity contribution in [2.24, 2.45) is 0 Å². The smallest absolute Gasteiger partial charge is 0.200 e. The first kappa shape index (κ1) is 11.2. The average molecular weight is 244 g/mol. The molecule has 92 valence electrons. The molecule has 2 heterocycles. The molecule has 0 fully saturated rings. The Hall–Kier alpha value is -1.91. The van der Waals surface area contributed by atoms with Gasteiger partial charge in [0.25, 0.3) is 0 Å². The van der Waals surface area contributed by atoms with Gasteiger partial charge in [-0.25, -0.2) is 0 Å². The van der Waals surface area contributed by atoms with Crippen LogP contribution >= 0.6 is 0 Å². The molecule has 2 aromatic rings. The highest BCUT2D eigenvalue weighted by Gasteiger charge is 2.19.